The fraction of sp³-hybridized carbons (Fsp3) is 0.871. The largest absolute Gasteiger partial charge is 0.0958 e. The fourth-order valence-electron chi connectivity index (χ4n) is 3.81. The van der Waals surface area contributed by atoms with Gasteiger partial charge in [0.25, 0.3) is 0 Å². The van der Waals surface area contributed by atoms with Crippen molar-refractivity contribution in [3.05, 3.63) is 24.3 Å². The van der Waals surface area contributed by atoms with Crippen molar-refractivity contribution < 1.29 is 0 Å². The summed E-state index contributed by atoms with van der Waals surface area (Å²) < 4.78 is 0. The first-order valence-electron chi connectivity index (χ1n) is 14.1. The maximum atomic E-state index is 4.17. The molecule has 0 bridgehead atoms. The Hall–Kier alpha value is -0.520. The molecule has 190 valence electrons. The van der Waals surface area contributed by atoms with Gasteiger partial charge >= 0.3 is 0 Å². The Bertz CT molecular complexity index is 347. The zero-order chi connectivity index (χ0) is 25.2. The molecule has 0 aliphatic heterocycles. The second-order valence-corrected chi connectivity index (χ2v) is 9.46. The van der Waals surface area contributed by atoms with E-state index in [0.717, 1.165) is 30.1 Å². The van der Waals surface area contributed by atoms with Crippen LogP contribution in [0.5, 0.6) is 0 Å². The molecule has 0 aromatic carbocycles. The maximum Gasteiger partial charge on any atom is -0.0210 e. The van der Waals surface area contributed by atoms with Crippen molar-refractivity contribution in [2.75, 3.05) is 0 Å². The highest BCUT2D eigenvalue weighted by Crippen LogP contribution is 2.20. The average molecular weight is 439 g/mol. The van der Waals surface area contributed by atoms with Gasteiger partial charge in [-0.1, -0.05) is 146 Å². The molecule has 0 fully saturated rings. The second-order valence-electron chi connectivity index (χ2n) is 9.46. The molecule has 3 unspecified atom stereocenters. The topological polar surface area (TPSA) is 0 Å². The second kappa shape index (κ2) is 29.5. The highest BCUT2D eigenvalue weighted by molar-refractivity contribution is 5.15. The van der Waals surface area contributed by atoms with E-state index in [1.54, 1.807) is 0 Å². The van der Waals surface area contributed by atoms with Gasteiger partial charge in [-0.05, 0) is 55.3 Å². The number of allylic oxidation sites excluding steroid dienone is 3. The Kier molecular flexibility index (Phi) is 35.9. The molecule has 31 heavy (non-hydrogen) atoms. The van der Waals surface area contributed by atoms with Crippen LogP contribution < -0.4 is 0 Å². The molecule has 0 aromatic rings. The predicted octanol–water partition coefficient (Wildman–Crippen LogP) is 11.9. The van der Waals surface area contributed by atoms with Crippen LogP contribution >= 0.6 is 0 Å². The summed E-state index contributed by atoms with van der Waals surface area (Å²) in [4.78, 5) is 0. The average Bonchev–Trinajstić information content (AvgIpc) is 2.75. The lowest BCUT2D eigenvalue weighted by Gasteiger charge is -2.15. The van der Waals surface area contributed by atoms with Crippen LogP contribution in [0, 0.1) is 29.6 Å². The normalized spacial score (nSPS) is 13.4. The van der Waals surface area contributed by atoms with Crippen molar-refractivity contribution in [1.29, 1.82) is 0 Å². The maximum absolute atomic E-state index is 4.17. The lowest BCUT2D eigenvalue weighted by atomic mass is 9.91. The fourth-order valence-corrected chi connectivity index (χ4v) is 3.81. The minimum Gasteiger partial charge on any atom is -0.0958 e. The smallest absolute Gasteiger partial charge is 0.0210 e. The van der Waals surface area contributed by atoms with E-state index in [-0.39, 0.29) is 0 Å². The van der Waals surface area contributed by atoms with Crippen molar-refractivity contribution in [2.45, 2.75) is 148 Å². The molecule has 0 heterocycles. The van der Waals surface area contributed by atoms with Crippen molar-refractivity contribution in [1.82, 2.24) is 0 Å². The van der Waals surface area contributed by atoms with Crippen LogP contribution in [0.25, 0.3) is 0 Å². The monoisotopic (exact) mass is 439 g/mol. The van der Waals surface area contributed by atoms with Crippen LogP contribution in [0.4, 0.5) is 0 Å². The molecular formula is C31H66. The van der Waals surface area contributed by atoms with E-state index in [1.165, 1.54) is 56.9 Å². The summed E-state index contributed by atoms with van der Waals surface area (Å²) in [5.41, 5.74) is 1.30. The quantitative estimate of drug-likeness (QED) is 0.236. The van der Waals surface area contributed by atoms with E-state index in [1.807, 2.05) is 27.7 Å². The highest BCUT2D eigenvalue weighted by atomic mass is 14.1. The molecule has 0 aliphatic carbocycles. The summed E-state index contributed by atoms with van der Waals surface area (Å²) in [6, 6.07) is 0. The number of hydrogen-bond donors (Lipinski definition) is 0. The molecule has 0 aromatic heterocycles. The van der Waals surface area contributed by atoms with Crippen molar-refractivity contribution in [2.24, 2.45) is 29.6 Å². The van der Waals surface area contributed by atoms with Crippen LogP contribution in [0.1, 0.15) is 148 Å². The van der Waals surface area contributed by atoms with E-state index < -0.39 is 0 Å². The molecule has 0 aliphatic rings. The summed E-state index contributed by atoms with van der Waals surface area (Å²) in [5, 5.41) is 0. The van der Waals surface area contributed by atoms with Crippen LogP contribution in [-0.4, -0.2) is 0 Å². The number of hydrogen-bond acceptors (Lipinski definition) is 0. The van der Waals surface area contributed by atoms with E-state index in [0.29, 0.717) is 5.92 Å². The summed E-state index contributed by atoms with van der Waals surface area (Å²) >= 11 is 0. The molecule has 0 N–H and O–H groups in total. The Labute approximate surface area is 201 Å². The summed E-state index contributed by atoms with van der Waals surface area (Å²) in [6.07, 6.45) is 16.5. The summed E-state index contributed by atoms with van der Waals surface area (Å²) in [7, 11) is 0. The molecule has 0 rings (SSSR count). The van der Waals surface area contributed by atoms with Gasteiger partial charge in [0, 0.05) is 0 Å². The lowest BCUT2D eigenvalue weighted by molar-refractivity contribution is 0.373. The van der Waals surface area contributed by atoms with Gasteiger partial charge < -0.3 is 0 Å². The molecule has 0 radical (unpaired) electrons. The van der Waals surface area contributed by atoms with E-state index in [9.17, 15) is 0 Å². The van der Waals surface area contributed by atoms with E-state index in [4.69, 9.17) is 0 Å². The molecular weight excluding hydrogens is 372 g/mol. The van der Waals surface area contributed by atoms with Crippen molar-refractivity contribution in [3.63, 3.8) is 0 Å². The van der Waals surface area contributed by atoms with E-state index >= 15 is 0 Å². The standard InChI is InChI=1S/C17H32.C10H22.2C2H6/c1-7-9-15(5)10-11-16(6)12-13-17(8-2)14(3)4;1-5-7-10(6-2)8-9(3)4;2*1-2/h12-15,17H,6-11H2,1-5H3;9-10H,5-8H2,1-4H3;2*1-2H3/b13-12-;;;. The first kappa shape index (κ1) is 37.8. The summed E-state index contributed by atoms with van der Waals surface area (Å²) in [6.45, 7) is 32.9. The molecule has 0 nitrogen and oxygen atoms in total. The third kappa shape index (κ3) is 29.5. The van der Waals surface area contributed by atoms with Gasteiger partial charge in [-0.3, -0.25) is 0 Å². The minimum atomic E-state index is 0.708. The third-order valence-electron chi connectivity index (χ3n) is 5.73. The molecule has 0 amide bonds. The van der Waals surface area contributed by atoms with Gasteiger partial charge in [-0.15, -0.1) is 0 Å². The molecule has 0 heteroatoms. The van der Waals surface area contributed by atoms with Gasteiger partial charge in [0.05, 0.1) is 0 Å². The van der Waals surface area contributed by atoms with Gasteiger partial charge in [-0.25, -0.2) is 0 Å². The lowest BCUT2D eigenvalue weighted by Crippen LogP contribution is -2.03. The van der Waals surface area contributed by atoms with Gasteiger partial charge in [0.2, 0.25) is 0 Å². The van der Waals surface area contributed by atoms with E-state index in [2.05, 4.69) is 81.0 Å². The first-order valence-corrected chi connectivity index (χ1v) is 14.1. The van der Waals surface area contributed by atoms with Gasteiger partial charge in [0.1, 0.15) is 0 Å². The van der Waals surface area contributed by atoms with Gasteiger partial charge in [0.15, 0.2) is 0 Å². The molecule has 0 saturated carbocycles. The van der Waals surface area contributed by atoms with Crippen LogP contribution in [0.15, 0.2) is 24.3 Å². The minimum absolute atomic E-state index is 0.708. The van der Waals surface area contributed by atoms with Crippen LogP contribution in [0.3, 0.4) is 0 Å². The Morgan fingerprint density at radius 3 is 1.61 bits per heavy atom. The highest BCUT2D eigenvalue weighted by Gasteiger charge is 2.07. The Morgan fingerprint density at radius 2 is 1.26 bits per heavy atom. The van der Waals surface area contributed by atoms with Gasteiger partial charge in [-0.2, -0.15) is 0 Å². The molecule has 0 spiro atoms. The van der Waals surface area contributed by atoms with Crippen molar-refractivity contribution in [3.8, 4) is 0 Å². The number of rotatable bonds is 14. The predicted molar refractivity (Wildman–Crippen MR) is 151 cm³/mol. The summed E-state index contributed by atoms with van der Waals surface area (Å²) in [5.74, 6) is 4.17. The molecule has 3 atom stereocenters. The third-order valence-corrected chi connectivity index (χ3v) is 5.73. The first-order chi connectivity index (χ1) is 14.7. The molecule has 0 saturated heterocycles. The zero-order valence-electron chi connectivity index (χ0n) is 24.6. The SMILES string of the molecule is C=C(/C=C\C(CC)C(C)C)CCC(C)CCC.CC.CC.CCCC(CC)CC(C)C. The van der Waals surface area contributed by atoms with Crippen LogP contribution in [-0.2, 0) is 0 Å². The van der Waals surface area contributed by atoms with Crippen LogP contribution in [0.2, 0.25) is 0 Å². The Balaban J connectivity index is -0.000000221. The zero-order valence-corrected chi connectivity index (χ0v) is 24.6. The Morgan fingerprint density at radius 1 is 0.742 bits per heavy atom. The van der Waals surface area contributed by atoms with Crippen molar-refractivity contribution >= 4 is 0 Å².